The summed E-state index contributed by atoms with van der Waals surface area (Å²) in [6.07, 6.45) is 4.83. The van der Waals surface area contributed by atoms with Gasteiger partial charge in [-0.25, -0.2) is 0 Å². The Morgan fingerprint density at radius 3 is 2.94 bits per heavy atom. The highest BCUT2D eigenvalue weighted by atomic mass is 35.5. The lowest BCUT2D eigenvalue weighted by Crippen LogP contribution is -2.36. The Morgan fingerprint density at radius 1 is 1.32 bits per heavy atom. The van der Waals surface area contributed by atoms with Crippen LogP contribution in [0.2, 0.25) is 5.02 Å². The van der Waals surface area contributed by atoms with Crippen molar-refractivity contribution in [2.24, 2.45) is 5.92 Å². The van der Waals surface area contributed by atoms with Crippen molar-refractivity contribution in [2.75, 3.05) is 30.3 Å². The first kappa shape index (κ1) is 21.8. The molecule has 1 aliphatic carbocycles. The van der Waals surface area contributed by atoms with Crippen LogP contribution in [0.4, 0.5) is 11.6 Å². The Kier molecular flexibility index (Phi) is 6.92. The summed E-state index contributed by atoms with van der Waals surface area (Å²) in [5.74, 6) is 1.91. The van der Waals surface area contributed by atoms with Gasteiger partial charge in [0.25, 0.3) is 0 Å². The third-order valence-electron chi connectivity index (χ3n) is 5.70. The number of aromatic nitrogens is 2. The average Bonchev–Trinajstić information content (AvgIpc) is 3.56. The Balaban J connectivity index is 1.52. The van der Waals surface area contributed by atoms with Gasteiger partial charge in [-0.3, -0.25) is 4.79 Å². The summed E-state index contributed by atoms with van der Waals surface area (Å²) in [5, 5.41) is 4.24. The summed E-state index contributed by atoms with van der Waals surface area (Å²) >= 11 is 6.41. The Bertz CT molecular complexity index is 948. The summed E-state index contributed by atoms with van der Waals surface area (Å²) in [5.41, 5.74) is 8.97. The number of ketones is 1. The number of Topliss-reactive ketones (excluding diaryl/α,β-unsaturated/α-hetero) is 1. The first-order valence-electron chi connectivity index (χ1n) is 11.1. The fourth-order valence-electron chi connectivity index (χ4n) is 3.76. The number of benzene rings is 1. The van der Waals surface area contributed by atoms with E-state index in [2.05, 4.69) is 28.3 Å². The molecule has 0 bridgehead atoms. The number of carbonyl (C=O) groups is 1. The largest absolute Gasteiger partial charge is 0.463 e. The number of nitrogens with one attached hydrogen (secondary N) is 1. The van der Waals surface area contributed by atoms with E-state index in [0.717, 1.165) is 48.0 Å². The SMILES string of the molecule is CCCCOc1nc(N)c2c(n1)N(Cc1ccc(Cl)c(CNCC3CC3)c1)CC(=O)C2. The van der Waals surface area contributed by atoms with Crippen molar-refractivity contribution in [1.82, 2.24) is 15.3 Å². The molecule has 0 unspecified atom stereocenters. The van der Waals surface area contributed by atoms with Crippen LogP contribution in [0, 0.1) is 5.92 Å². The number of unbranched alkanes of at least 4 members (excludes halogenated alkanes) is 1. The first-order chi connectivity index (χ1) is 15.0. The van der Waals surface area contributed by atoms with E-state index in [1.807, 2.05) is 17.0 Å². The maximum Gasteiger partial charge on any atom is 0.320 e. The molecule has 2 heterocycles. The first-order valence-corrected chi connectivity index (χ1v) is 11.4. The summed E-state index contributed by atoms with van der Waals surface area (Å²) < 4.78 is 5.68. The van der Waals surface area contributed by atoms with Gasteiger partial charge in [-0.1, -0.05) is 37.1 Å². The van der Waals surface area contributed by atoms with Crippen LogP contribution in [0.5, 0.6) is 6.01 Å². The van der Waals surface area contributed by atoms with E-state index < -0.39 is 0 Å². The van der Waals surface area contributed by atoms with Crippen LogP contribution < -0.4 is 20.7 Å². The number of anilines is 2. The van der Waals surface area contributed by atoms with Crippen LogP contribution in [0.25, 0.3) is 0 Å². The molecule has 1 aliphatic heterocycles. The van der Waals surface area contributed by atoms with Crippen molar-refractivity contribution in [3.05, 3.63) is 39.9 Å². The number of ether oxygens (including phenoxy) is 1. The molecule has 0 radical (unpaired) electrons. The average molecular weight is 444 g/mol. The monoisotopic (exact) mass is 443 g/mol. The van der Waals surface area contributed by atoms with E-state index in [-0.39, 0.29) is 24.8 Å². The number of nitrogen functional groups attached to an aromatic ring is 1. The smallest absolute Gasteiger partial charge is 0.320 e. The van der Waals surface area contributed by atoms with Crippen molar-refractivity contribution < 1.29 is 9.53 Å². The molecule has 0 saturated heterocycles. The second-order valence-corrected chi connectivity index (χ2v) is 8.87. The second kappa shape index (κ2) is 9.83. The van der Waals surface area contributed by atoms with Crippen LogP contribution in [-0.4, -0.2) is 35.4 Å². The highest BCUT2D eigenvalue weighted by Gasteiger charge is 2.28. The molecule has 0 spiro atoms. The molecular weight excluding hydrogens is 414 g/mol. The molecule has 1 aromatic heterocycles. The number of nitrogens with zero attached hydrogens (tertiary/aromatic N) is 3. The minimum atomic E-state index is 0.0998. The molecule has 1 saturated carbocycles. The van der Waals surface area contributed by atoms with Gasteiger partial charge in [0.1, 0.15) is 11.6 Å². The van der Waals surface area contributed by atoms with Crippen LogP contribution in [-0.2, 0) is 24.3 Å². The number of halogens is 1. The van der Waals surface area contributed by atoms with Gasteiger partial charge < -0.3 is 20.7 Å². The molecular formula is C23H30ClN5O2. The lowest BCUT2D eigenvalue weighted by Gasteiger charge is -2.30. The molecule has 2 aromatic rings. The van der Waals surface area contributed by atoms with E-state index in [1.165, 1.54) is 12.8 Å². The lowest BCUT2D eigenvalue weighted by atomic mass is 10.0. The third-order valence-corrected chi connectivity index (χ3v) is 6.06. The standard InChI is InChI=1S/C23H30ClN5O2/c1-2-3-8-31-23-27-21(25)19-10-18(30)14-29(22(19)28-23)13-16-6-7-20(24)17(9-16)12-26-11-15-4-5-15/h6-7,9,15,26H,2-5,8,10-14H2,1H3,(H2,25,27,28). The number of fused-ring (bicyclic) bond motifs is 1. The molecule has 31 heavy (non-hydrogen) atoms. The van der Waals surface area contributed by atoms with Crippen molar-refractivity contribution in [3.8, 4) is 6.01 Å². The number of carbonyl (C=O) groups excluding carboxylic acids is 1. The summed E-state index contributed by atoms with van der Waals surface area (Å²) in [4.78, 5) is 23.2. The Hall–Kier alpha value is -2.38. The van der Waals surface area contributed by atoms with Crippen molar-refractivity contribution in [3.63, 3.8) is 0 Å². The second-order valence-electron chi connectivity index (χ2n) is 8.47. The van der Waals surface area contributed by atoms with Crippen LogP contribution >= 0.6 is 11.6 Å². The van der Waals surface area contributed by atoms with E-state index >= 15 is 0 Å². The van der Waals surface area contributed by atoms with Crippen LogP contribution in [0.15, 0.2) is 18.2 Å². The molecule has 1 aromatic carbocycles. The lowest BCUT2D eigenvalue weighted by molar-refractivity contribution is -0.117. The predicted octanol–water partition coefficient (Wildman–Crippen LogP) is 3.52. The van der Waals surface area contributed by atoms with Gasteiger partial charge in [0.05, 0.1) is 13.2 Å². The van der Waals surface area contributed by atoms with Crippen molar-refractivity contribution in [1.29, 1.82) is 0 Å². The highest BCUT2D eigenvalue weighted by Crippen LogP contribution is 2.31. The van der Waals surface area contributed by atoms with E-state index in [1.54, 1.807) is 0 Å². The highest BCUT2D eigenvalue weighted by molar-refractivity contribution is 6.31. The zero-order valence-corrected chi connectivity index (χ0v) is 18.7. The molecule has 0 atom stereocenters. The van der Waals surface area contributed by atoms with Gasteiger partial charge in [0, 0.05) is 30.1 Å². The predicted molar refractivity (Wildman–Crippen MR) is 122 cm³/mol. The van der Waals surface area contributed by atoms with Crippen molar-refractivity contribution in [2.45, 2.75) is 52.1 Å². The topological polar surface area (TPSA) is 93.4 Å². The quantitative estimate of drug-likeness (QED) is 0.542. The normalized spacial score (nSPS) is 15.8. The van der Waals surface area contributed by atoms with Gasteiger partial charge in [0.2, 0.25) is 0 Å². The minimum Gasteiger partial charge on any atom is -0.463 e. The van der Waals surface area contributed by atoms with Crippen molar-refractivity contribution >= 4 is 29.0 Å². The molecule has 0 amide bonds. The van der Waals surface area contributed by atoms with E-state index in [0.29, 0.717) is 30.4 Å². The fourth-order valence-corrected chi connectivity index (χ4v) is 3.94. The maximum absolute atomic E-state index is 12.4. The van der Waals surface area contributed by atoms with Gasteiger partial charge in [-0.2, -0.15) is 9.97 Å². The molecule has 3 N–H and O–H groups in total. The molecule has 2 aliphatic rings. The van der Waals surface area contributed by atoms with Gasteiger partial charge in [0.15, 0.2) is 5.78 Å². The summed E-state index contributed by atoms with van der Waals surface area (Å²) in [6, 6.07) is 6.29. The van der Waals surface area contributed by atoms with Gasteiger partial charge in [-0.15, -0.1) is 0 Å². The molecule has 8 heteroatoms. The Morgan fingerprint density at radius 2 is 2.16 bits per heavy atom. The molecule has 166 valence electrons. The zero-order chi connectivity index (χ0) is 21.8. The van der Waals surface area contributed by atoms with Crippen LogP contribution in [0.1, 0.15) is 49.3 Å². The number of hydrogen-bond donors (Lipinski definition) is 2. The zero-order valence-electron chi connectivity index (χ0n) is 18.0. The molecule has 4 rings (SSSR count). The van der Waals surface area contributed by atoms with Gasteiger partial charge >= 0.3 is 6.01 Å². The van der Waals surface area contributed by atoms with Crippen LogP contribution in [0.3, 0.4) is 0 Å². The maximum atomic E-state index is 12.4. The molecule has 1 fully saturated rings. The number of rotatable bonds is 10. The third kappa shape index (κ3) is 5.66. The number of nitrogens with two attached hydrogens (primary N) is 1. The summed E-state index contributed by atoms with van der Waals surface area (Å²) in [6.45, 7) is 5.24. The van der Waals surface area contributed by atoms with Gasteiger partial charge in [-0.05, 0) is 48.9 Å². The number of hydrogen-bond acceptors (Lipinski definition) is 7. The fraction of sp³-hybridized carbons (Fsp3) is 0.522. The summed E-state index contributed by atoms with van der Waals surface area (Å²) in [7, 11) is 0. The molecule has 7 nitrogen and oxygen atoms in total. The van der Waals surface area contributed by atoms with E-state index in [4.69, 9.17) is 22.1 Å². The Labute approximate surface area is 188 Å². The van der Waals surface area contributed by atoms with E-state index in [9.17, 15) is 4.79 Å². The minimum absolute atomic E-state index is 0.0998.